The van der Waals surface area contributed by atoms with Crippen molar-refractivity contribution >= 4 is 23.0 Å². The van der Waals surface area contributed by atoms with E-state index in [9.17, 15) is 4.79 Å². The van der Waals surface area contributed by atoms with Crippen molar-refractivity contribution in [3.05, 3.63) is 59.2 Å². The maximum Gasteiger partial charge on any atom is 0.254 e. The zero-order valence-corrected chi connectivity index (χ0v) is 19.1. The second kappa shape index (κ2) is 8.82. The molecule has 1 fully saturated rings. The fraction of sp³-hybridized carbons (Fsp3) is 0.481. The molecule has 1 aliphatic heterocycles. The number of carbonyl (C=O) groups is 1. The zero-order chi connectivity index (χ0) is 22.2. The number of carbonyl (C=O) groups excluding carboxylic acids is 1. The number of amides is 1. The van der Waals surface area contributed by atoms with Gasteiger partial charge in [-0.25, -0.2) is 5.43 Å². The number of aryl methyl sites for hydroxylation is 1. The number of fused-ring (bicyclic) bond motifs is 3. The molecule has 1 N–H and O–H groups in total. The van der Waals surface area contributed by atoms with Crippen molar-refractivity contribution in [3.63, 3.8) is 0 Å². The van der Waals surface area contributed by atoms with E-state index in [1.165, 1.54) is 72.5 Å². The average molecular weight is 445 g/mol. The highest BCUT2D eigenvalue weighted by Gasteiger charge is 2.35. The Kier molecular flexibility index (Phi) is 5.54. The lowest BCUT2D eigenvalue weighted by Gasteiger charge is -2.39. The van der Waals surface area contributed by atoms with Gasteiger partial charge in [-0.05, 0) is 73.4 Å². The van der Waals surface area contributed by atoms with Gasteiger partial charge in [0.15, 0.2) is 0 Å². The summed E-state index contributed by atoms with van der Waals surface area (Å²) < 4.78 is 7.77. The molecule has 6 rings (SSSR count). The first-order valence-electron chi connectivity index (χ1n) is 12.5. The van der Waals surface area contributed by atoms with E-state index in [0.717, 1.165) is 31.8 Å². The molecule has 1 amide bonds. The van der Waals surface area contributed by atoms with Gasteiger partial charge in [-0.1, -0.05) is 25.3 Å². The molecule has 6 heteroatoms. The van der Waals surface area contributed by atoms with Crippen molar-refractivity contribution in [3.8, 4) is 0 Å². The third-order valence-corrected chi connectivity index (χ3v) is 7.86. The molecule has 0 bridgehead atoms. The van der Waals surface area contributed by atoms with Crippen molar-refractivity contribution in [2.75, 3.05) is 13.1 Å². The van der Waals surface area contributed by atoms with Crippen LogP contribution in [0, 0.1) is 0 Å². The predicted molar refractivity (Wildman–Crippen MR) is 129 cm³/mol. The molecule has 2 aliphatic carbocycles. The van der Waals surface area contributed by atoms with Crippen molar-refractivity contribution in [2.45, 2.75) is 69.9 Å². The second-order valence-corrected chi connectivity index (χ2v) is 9.81. The number of aromatic nitrogens is 1. The average Bonchev–Trinajstić information content (AvgIpc) is 3.48. The molecule has 0 unspecified atom stereocenters. The maximum absolute atomic E-state index is 12.6. The van der Waals surface area contributed by atoms with Crippen LogP contribution in [0.25, 0.3) is 10.9 Å². The Labute approximate surface area is 194 Å². The summed E-state index contributed by atoms with van der Waals surface area (Å²) in [7, 11) is 0. The van der Waals surface area contributed by atoms with E-state index in [1.54, 1.807) is 12.3 Å². The molecule has 1 atom stereocenters. The van der Waals surface area contributed by atoms with Gasteiger partial charge in [-0.2, -0.15) is 5.10 Å². The number of furan rings is 1. The minimum absolute atomic E-state index is 0.0749. The lowest BCUT2D eigenvalue weighted by atomic mass is 9.83. The minimum Gasteiger partial charge on any atom is -0.463 e. The number of hydrazone groups is 1. The van der Waals surface area contributed by atoms with Crippen LogP contribution in [0.15, 0.2) is 46.1 Å². The number of hydrogen-bond donors (Lipinski definition) is 1. The Hall–Kier alpha value is -2.86. The van der Waals surface area contributed by atoms with Crippen molar-refractivity contribution in [1.82, 2.24) is 14.9 Å². The maximum atomic E-state index is 12.6. The van der Waals surface area contributed by atoms with Gasteiger partial charge in [0.25, 0.3) is 5.91 Å². The molecular weight excluding hydrogens is 412 g/mol. The van der Waals surface area contributed by atoms with Gasteiger partial charge in [0.2, 0.25) is 0 Å². The highest BCUT2D eigenvalue weighted by atomic mass is 16.3. The van der Waals surface area contributed by atoms with Gasteiger partial charge >= 0.3 is 0 Å². The molecule has 0 radical (unpaired) electrons. The number of nitrogens with zero attached hydrogens (tertiary/aromatic N) is 3. The van der Waals surface area contributed by atoms with Gasteiger partial charge in [-0.15, -0.1) is 0 Å². The quantitative estimate of drug-likeness (QED) is 0.439. The zero-order valence-electron chi connectivity index (χ0n) is 19.1. The first-order valence-corrected chi connectivity index (χ1v) is 12.5. The summed E-state index contributed by atoms with van der Waals surface area (Å²) in [5, 5.41) is 5.51. The third-order valence-electron chi connectivity index (χ3n) is 7.86. The molecule has 172 valence electrons. The van der Waals surface area contributed by atoms with Crippen LogP contribution in [-0.2, 0) is 17.8 Å². The number of nitrogens with one attached hydrogen (secondary N) is 1. The fourth-order valence-electron chi connectivity index (χ4n) is 6.33. The molecule has 0 saturated heterocycles. The van der Waals surface area contributed by atoms with Crippen molar-refractivity contribution in [2.24, 2.45) is 5.10 Å². The Bertz CT molecular complexity index is 1170. The van der Waals surface area contributed by atoms with E-state index in [2.05, 4.69) is 38.2 Å². The molecular formula is C27H32N4O2. The first-order chi connectivity index (χ1) is 16.3. The minimum atomic E-state index is -0.0749. The Morgan fingerprint density at radius 2 is 2.03 bits per heavy atom. The van der Waals surface area contributed by atoms with Crippen LogP contribution in [0.5, 0.6) is 0 Å². The highest BCUT2D eigenvalue weighted by Crippen LogP contribution is 2.43. The summed E-state index contributed by atoms with van der Waals surface area (Å²) in [6.07, 6.45) is 13.4. The SMILES string of the molecule is O=C(CN1CCn2c3c(c4cc(C5CCCCC5)ccc42)CCC[C@H]31)N/N=C/c1ccco1. The summed E-state index contributed by atoms with van der Waals surface area (Å²) in [6, 6.07) is 11.2. The van der Waals surface area contributed by atoms with Gasteiger partial charge in [0.05, 0.1) is 25.1 Å². The van der Waals surface area contributed by atoms with E-state index in [-0.39, 0.29) is 5.91 Å². The predicted octanol–water partition coefficient (Wildman–Crippen LogP) is 5.13. The van der Waals surface area contributed by atoms with Crippen LogP contribution < -0.4 is 5.43 Å². The van der Waals surface area contributed by atoms with Crippen molar-refractivity contribution in [1.29, 1.82) is 0 Å². The third kappa shape index (κ3) is 3.90. The smallest absolute Gasteiger partial charge is 0.254 e. The van der Waals surface area contributed by atoms with Crippen LogP contribution in [0.4, 0.5) is 0 Å². The van der Waals surface area contributed by atoms with E-state index in [4.69, 9.17) is 4.42 Å². The Morgan fingerprint density at radius 3 is 2.88 bits per heavy atom. The summed E-state index contributed by atoms with van der Waals surface area (Å²) in [6.45, 7) is 2.20. The van der Waals surface area contributed by atoms with Crippen LogP contribution in [0.3, 0.4) is 0 Å². The van der Waals surface area contributed by atoms with Gasteiger partial charge in [0, 0.05) is 29.7 Å². The summed E-state index contributed by atoms with van der Waals surface area (Å²) in [5.74, 6) is 1.28. The van der Waals surface area contributed by atoms with Crippen LogP contribution in [0.1, 0.15) is 79.5 Å². The van der Waals surface area contributed by atoms with Crippen LogP contribution in [0.2, 0.25) is 0 Å². The molecule has 3 aromatic rings. The van der Waals surface area contributed by atoms with Gasteiger partial charge in [0.1, 0.15) is 5.76 Å². The lowest BCUT2D eigenvalue weighted by Crippen LogP contribution is -2.44. The summed E-state index contributed by atoms with van der Waals surface area (Å²) in [4.78, 5) is 14.9. The molecule has 33 heavy (non-hydrogen) atoms. The monoisotopic (exact) mass is 444 g/mol. The van der Waals surface area contributed by atoms with Gasteiger partial charge in [-0.3, -0.25) is 9.69 Å². The van der Waals surface area contributed by atoms with Gasteiger partial charge < -0.3 is 8.98 Å². The van der Waals surface area contributed by atoms with E-state index in [0.29, 0.717) is 18.3 Å². The molecule has 1 aromatic carbocycles. The summed E-state index contributed by atoms with van der Waals surface area (Å²) >= 11 is 0. The highest BCUT2D eigenvalue weighted by molar-refractivity contribution is 5.87. The topological polar surface area (TPSA) is 62.8 Å². The first kappa shape index (κ1) is 20.7. The second-order valence-electron chi connectivity index (χ2n) is 9.81. The number of hydrogen-bond acceptors (Lipinski definition) is 4. The van der Waals surface area contributed by atoms with Crippen molar-refractivity contribution < 1.29 is 9.21 Å². The molecule has 3 heterocycles. The molecule has 3 aliphatic rings. The Morgan fingerprint density at radius 1 is 1.12 bits per heavy atom. The summed E-state index contributed by atoms with van der Waals surface area (Å²) in [5.41, 5.74) is 8.57. The number of rotatable bonds is 5. The van der Waals surface area contributed by atoms with Crippen LogP contribution >= 0.6 is 0 Å². The van der Waals surface area contributed by atoms with Crippen LogP contribution in [-0.4, -0.2) is 34.7 Å². The lowest BCUT2D eigenvalue weighted by molar-refractivity contribution is -0.123. The van der Waals surface area contributed by atoms with E-state index >= 15 is 0 Å². The molecule has 2 aromatic heterocycles. The van der Waals surface area contributed by atoms with E-state index in [1.807, 2.05) is 6.07 Å². The largest absolute Gasteiger partial charge is 0.463 e. The van der Waals surface area contributed by atoms with E-state index < -0.39 is 0 Å². The normalized spacial score (nSPS) is 21.5. The fourth-order valence-corrected chi connectivity index (χ4v) is 6.33. The molecule has 1 saturated carbocycles. The molecule has 6 nitrogen and oxygen atoms in total. The molecule has 0 spiro atoms. The standard InChI is InChI=1S/C27H32N4O2/c32-26(29-28-17-21-8-5-15-33-21)18-30-13-14-31-24-12-11-20(19-6-2-1-3-7-19)16-23(24)22-9-4-10-25(30)27(22)31/h5,8,11-12,15-17,19,25H,1-4,6-7,9-10,13-14,18H2,(H,29,32)/b28-17+/t25-/m1/s1. The number of benzene rings is 1. The Balaban J connectivity index is 1.23.